The monoisotopic (exact) mass is 264 g/mol. The van der Waals surface area contributed by atoms with Crippen LogP contribution in [0.5, 0.6) is 0 Å². The van der Waals surface area contributed by atoms with Crippen molar-refractivity contribution in [2.45, 2.75) is 38.0 Å². The third kappa shape index (κ3) is 3.01. The van der Waals surface area contributed by atoms with Gasteiger partial charge in [-0.1, -0.05) is 32.0 Å². The second-order valence-corrected chi connectivity index (χ2v) is 6.33. The number of thioether (sulfide) groups is 1. The van der Waals surface area contributed by atoms with E-state index < -0.39 is 0 Å². The maximum Gasteiger partial charge on any atom is 0.0415 e. The molecule has 2 N–H and O–H groups in total. The molecule has 2 rings (SSSR count). The third-order valence-electron chi connectivity index (χ3n) is 3.71. The molecule has 0 radical (unpaired) electrons. The van der Waals surface area contributed by atoms with Crippen LogP contribution >= 0.6 is 11.8 Å². The lowest BCUT2D eigenvalue weighted by atomic mass is 10.0. The molecule has 0 aliphatic carbocycles. The largest absolute Gasteiger partial charge is 0.369 e. The Labute approximate surface area is 115 Å². The van der Waals surface area contributed by atoms with Crippen LogP contribution in [-0.4, -0.2) is 24.1 Å². The summed E-state index contributed by atoms with van der Waals surface area (Å²) in [6.07, 6.45) is 2.25. The first-order valence-corrected chi connectivity index (χ1v) is 8.02. The van der Waals surface area contributed by atoms with Crippen LogP contribution in [0, 0.1) is 0 Å². The van der Waals surface area contributed by atoms with Gasteiger partial charge in [-0.15, -0.1) is 0 Å². The lowest BCUT2D eigenvalue weighted by Crippen LogP contribution is -2.38. The van der Waals surface area contributed by atoms with Crippen molar-refractivity contribution >= 4 is 17.4 Å². The maximum absolute atomic E-state index is 6.24. The fraction of sp³-hybridized carbons (Fsp3) is 0.600. The molecule has 0 spiro atoms. The third-order valence-corrected chi connectivity index (χ3v) is 5.08. The van der Waals surface area contributed by atoms with Crippen molar-refractivity contribution in [2.75, 3.05) is 23.7 Å². The van der Waals surface area contributed by atoms with Crippen molar-refractivity contribution < 1.29 is 0 Å². The average Bonchev–Trinajstić information content (AvgIpc) is 2.46. The molecule has 1 fully saturated rings. The van der Waals surface area contributed by atoms with Crippen LogP contribution in [0.2, 0.25) is 0 Å². The van der Waals surface area contributed by atoms with E-state index >= 15 is 0 Å². The molecular formula is C15H24N2S. The van der Waals surface area contributed by atoms with Gasteiger partial charge in [0.15, 0.2) is 0 Å². The molecule has 3 heteroatoms. The topological polar surface area (TPSA) is 29.3 Å². The van der Waals surface area contributed by atoms with Crippen molar-refractivity contribution in [2.24, 2.45) is 5.73 Å². The summed E-state index contributed by atoms with van der Waals surface area (Å²) in [5, 5.41) is 0.768. The van der Waals surface area contributed by atoms with Crippen LogP contribution in [0.15, 0.2) is 24.3 Å². The number of nitrogens with two attached hydrogens (primary N) is 1. The Kier molecular flexibility index (Phi) is 4.95. The highest BCUT2D eigenvalue weighted by Gasteiger charge is 2.21. The second-order valence-electron chi connectivity index (χ2n) is 4.92. The van der Waals surface area contributed by atoms with Crippen molar-refractivity contribution in [1.29, 1.82) is 0 Å². The maximum atomic E-state index is 6.24. The summed E-state index contributed by atoms with van der Waals surface area (Å²) in [7, 11) is 0. The smallest absolute Gasteiger partial charge is 0.0415 e. The van der Waals surface area contributed by atoms with Gasteiger partial charge >= 0.3 is 0 Å². The summed E-state index contributed by atoms with van der Waals surface area (Å²) in [5.74, 6) is 1.23. The molecule has 1 aromatic rings. The van der Waals surface area contributed by atoms with E-state index in [0.29, 0.717) is 0 Å². The zero-order valence-electron chi connectivity index (χ0n) is 11.4. The minimum Gasteiger partial charge on any atom is -0.369 e. The first-order chi connectivity index (χ1) is 8.76. The van der Waals surface area contributed by atoms with Gasteiger partial charge in [0.05, 0.1) is 0 Å². The van der Waals surface area contributed by atoms with Crippen LogP contribution in [0.1, 0.15) is 38.3 Å². The quantitative estimate of drug-likeness (QED) is 0.903. The van der Waals surface area contributed by atoms with E-state index in [2.05, 4.69) is 54.8 Å². The SMILES string of the molecule is CCC1CN(c2ccccc2C(N)CC)CCS1. The standard InChI is InChI=1S/C15H24N2S/c1-3-12-11-17(9-10-18-12)15-8-6-5-7-13(15)14(16)4-2/h5-8,12,14H,3-4,9-11,16H2,1-2H3. The number of benzene rings is 1. The molecule has 2 atom stereocenters. The number of nitrogens with zero attached hydrogens (tertiary/aromatic N) is 1. The van der Waals surface area contributed by atoms with Crippen LogP contribution in [-0.2, 0) is 0 Å². The van der Waals surface area contributed by atoms with Crippen molar-refractivity contribution in [3.63, 3.8) is 0 Å². The predicted molar refractivity (Wildman–Crippen MR) is 82.4 cm³/mol. The molecule has 0 aromatic heterocycles. The van der Waals surface area contributed by atoms with Crippen LogP contribution < -0.4 is 10.6 Å². The summed E-state index contributed by atoms with van der Waals surface area (Å²) < 4.78 is 0. The van der Waals surface area contributed by atoms with Crippen molar-refractivity contribution in [3.05, 3.63) is 29.8 Å². The van der Waals surface area contributed by atoms with Crippen molar-refractivity contribution in [1.82, 2.24) is 0 Å². The number of anilines is 1. The molecular weight excluding hydrogens is 240 g/mol. The summed E-state index contributed by atoms with van der Waals surface area (Å²) in [5.41, 5.74) is 8.90. The van der Waals surface area contributed by atoms with Gasteiger partial charge in [0.25, 0.3) is 0 Å². The minimum absolute atomic E-state index is 0.163. The first-order valence-electron chi connectivity index (χ1n) is 6.97. The lowest BCUT2D eigenvalue weighted by Gasteiger charge is -2.35. The Hall–Kier alpha value is -0.670. The van der Waals surface area contributed by atoms with E-state index in [-0.39, 0.29) is 6.04 Å². The molecule has 0 amide bonds. The summed E-state index contributed by atoms with van der Waals surface area (Å²) in [6, 6.07) is 8.81. The molecule has 100 valence electrons. The Morgan fingerprint density at radius 1 is 1.39 bits per heavy atom. The second kappa shape index (κ2) is 6.48. The Morgan fingerprint density at radius 2 is 2.17 bits per heavy atom. The number of para-hydroxylation sites is 1. The van der Waals surface area contributed by atoms with Gasteiger partial charge in [-0.05, 0) is 24.5 Å². The molecule has 2 nitrogen and oxygen atoms in total. The van der Waals surface area contributed by atoms with E-state index in [1.807, 2.05) is 0 Å². The molecule has 1 saturated heterocycles. The normalized spacial score (nSPS) is 21.9. The van der Waals surface area contributed by atoms with Crippen molar-refractivity contribution in [3.8, 4) is 0 Å². The van der Waals surface area contributed by atoms with E-state index in [1.165, 1.54) is 23.4 Å². The zero-order chi connectivity index (χ0) is 13.0. The summed E-state index contributed by atoms with van der Waals surface area (Å²) >= 11 is 2.11. The average molecular weight is 264 g/mol. The fourth-order valence-corrected chi connectivity index (χ4v) is 3.67. The van der Waals surface area contributed by atoms with Crippen LogP contribution in [0.4, 0.5) is 5.69 Å². The minimum atomic E-state index is 0.163. The van der Waals surface area contributed by atoms with Gasteiger partial charge < -0.3 is 10.6 Å². The van der Waals surface area contributed by atoms with E-state index in [4.69, 9.17) is 5.73 Å². The zero-order valence-corrected chi connectivity index (χ0v) is 12.2. The summed E-state index contributed by atoms with van der Waals surface area (Å²) in [4.78, 5) is 2.52. The summed E-state index contributed by atoms with van der Waals surface area (Å²) in [6.45, 7) is 6.75. The molecule has 1 aliphatic heterocycles. The molecule has 1 aliphatic rings. The molecule has 0 saturated carbocycles. The molecule has 1 aromatic carbocycles. The van der Waals surface area contributed by atoms with Gasteiger partial charge in [-0.3, -0.25) is 0 Å². The molecule has 18 heavy (non-hydrogen) atoms. The highest BCUT2D eigenvalue weighted by Crippen LogP contribution is 2.31. The number of rotatable bonds is 4. The number of hydrogen-bond donors (Lipinski definition) is 1. The predicted octanol–water partition coefficient (Wildman–Crippen LogP) is 3.43. The van der Waals surface area contributed by atoms with E-state index in [0.717, 1.165) is 24.8 Å². The van der Waals surface area contributed by atoms with Gasteiger partial charge in [-0.25, -0.2) is 0 Å². The fourth-order valence-electron chi connectivity index (χ4n) is 2.49. The Balaban J connectivity index is 2.21. The van der Waals surface area contributed by atoms with E-state index in [9.17, 15) is 0 Å². The lowest BCUT2D eigenvalue weighted by molar-refractivity contribution is 0.680. The highest BCUT2D eigenvalue weighted by molar-refractivity contribution is 8.00. The van der Waals surface area contributed by atoms with Crippen LogP contribution in [0.3, 0.4) is 0 Å². The first kappa shape index (κ1) is 13.8. The highest BCUT2D eigenvalue weighted by atomic mass is 32.2. The Bertz CT molecular complexity index is 381. The van der Waals surface area contributed by atoms with Gasteiger partial charge in [-0.2, -0.15) is 11.8 Å². The van der Waals surface area contributed by atoms with Gasteiger partial charge in [0.2, 0.25) is 0 Å². The van der Waals surface area contributed by atoms with Gasteiger partial charge in [0.1, 0.15) is 0 Å². The van der Waals surface area contributed by atoms with E-state index in [1.54, 1.807) is 0 Å². The van der Waals surface area contributed by atoms with Gasteiger partial charge in [0, 0.05) is 35.8 Å². The van der Waals surface area contributed by atoms with Crippen LogP contribution in [0.25, 0.3) is 0 Å². The Morgan fingerprint density at radius 3 is 2.89 bits per heavy atom. The molecule has 1 heterocycles. The number of hydrogen-bond acceptors (Lipinski definition) is 3. The molecule has 2 unspecified atom stereocenters. The molecule has 0 bridgehead atoms.